The third-order valence-corrected chi connectivity index (χ3v) is 3.97. The van der Waals surface area contributed by atoms with Crippen LogP contribution in [0.4, 0.5) is 0 Å². The Labute approximate surface area is 112 Å². The van der Waals surface area contributed by atoms with E-state index in [0.29, 0.717) is 11.7 Å². The molecule has 1 N–H and O–H groups in total. The van der Waals surface area contributed by atoms with E-state index in [4.69, 9.17) is 0 Å². The lowest BCUT2D eigenvalue weighted by atomic mass is 9.90. The number of ketones is 1. The van der Waals surface area contributed by atoms with Crippen molar-refractivity contribution in [3.8, 4) is 0 Å². The van der Waals surface area contributed by atoms with Gasteiger partial charge in [0.2, 0.25) is 0 Å². The number of carbonyl (C=O) groups excluding carboxylic acids is 1. The Hall–Kier alpha value is -0.410. The zero-order valence-corrected chi connectivity index (χ0v) is 12.0. The van der Waals surface area contributed by atoms with Crippen molar-refractivity contribution < 1.29 is 9.90 Å². The average molecular weight is 255 g/mol. The van der Waals surface area contributed by atoms with Crippen LogP contribution in [0.15, 0.2) is 0 Å². The Morgan fingerprint density at radius 1 is 1.33 bits per heavy atom. The molecule has 1 aliphatic heterocycles. The van der Waals surface area contributed by atoms with Crippen molar-refractivity contribution in [1.82, 2.24) is 4.90 Å². The second kappa shape index (κ2) is 8.65. The van der Waals surface area contributed by atoms with Gasteiger partial charge in [0.05, 0.1) is 6.10 Å². The zero-order valence-electron chi connectivity index (χ0n) is 12.0. The minimum atomic E-state index is -0.187. The summed E-state index contributed by atoms with van der Waals surface area (Å²) < 4.78 is 0. The van der Waals surface area contributed by atoms with Gasteiger partial charge in [0, 0.05) is 19.4 Å². The summed E-state index contributed by atoms with van der Waals surface area (Å²) in [6, 6.07) is 0. The summed E-state index contributed by atoms with van der Waals surface area (Å²) in [5.74, 6) is 1.04. The van der Waals surface area contributed by atoms with Gasteiger partial charge in [-0.2, -0.15) is 0 Å². The first-order chi connectivity index (χ1) is 8.65. The molecule has 1 fully saturated rings. The number of nitrogens with zero attached hydrogens (tertiary/aromatic N) is 1. The topological polar surface area (TPSA) is 40.5 Å². The quantitative estimate of drug-likeness (QED) is 0.725. The Balaban J connectivity index is 2.17. The van der Waals surface area contributed by atoms with E-state index in [2.05, 4.69) is 11.8 Å². The number of likely N-dealkylation sites (tertiary alicyclic amines) is 1. The Kier molecular flexibility index (Phi) is 7.52. The number of β-amino-alcohol motifs (C(OH)–C–C–N with tert-alkyl or cyclic N) is 1. The number of Topliss-reactive ketones (excluding diaryl/α,β-unsaturated/α-hetero) is 1. The lowest BCUT2D eigenvalue weighted by Crippen LogP contribution is -2.39. The summed E-state index contributed by atoms with van der Waals surface area (Å²) in [5, 5.41) is 9.62. The van der Waals surface area contributed by atoms with Crippen LogP contribution in [0.3, 0.4) is 0 Å². The Morgan fingerprint density at radius 3 is 2.56 bits per heavy atom. The van der Waals surface area contributed by atoms with E-state index in [1.54, 1.807) is 0 Å². The van der Waals surface area contributed by atoms with E-state index in [-0.39, 0.29) is 6.10 Å². The van der Waals surface area contributed by atoms with Gasteiger partial charge >= 0.3 is 0 Å². The molecule has 106 valence electrons. The van der Waals surface area contributed by atoms with Gasteiger partial charge < -0.3 is 10.0 Å². The summed E-state index contributed by atoms with van der Waals surface area (Å²) in [6.45, 7) is 7.03. The lowest BCUT2D eigenvalue weighted by molar-refractivity contribution is -0.120. The molecule has 0 amide bonds. The first-order valence-electron chi connectivity index (χ1n) is 7.57. The van der Waals surface area contributed by atoms with Crippen LogP contribution >= 0.6 is 0 Å². The molecule has 0 aliphatic carbocycles. The van der Waals surface area contributed by atoms with Gasteiger partial charge in [0.25, 0.3) is 0 Å². The molecule has 0 aromatic rings. The molecule has 1 rings (SSSR count). The number of hydrogen-bond acceptors (Lipinski definition) is 3. The van der Waals surface area contributed by atoms with E-state index < -0.39 is 0 Å². The van der Waals surface area contributed by atoms with Crippen LogP contribution in [0.5, 0.6) is 0 Å². The first kappa shape index (κ1) is 15.6. The molecule has 1 aliphatic rings. The van der Waals surface area contributed by atoms with Crippen LogP contribution in [0.1, 0.15) is 58.8 Å². The maximum Gasteiger partial charge on any atom is 0.133 e. The molecule has 0 aromatic carbocycles. The molecule has 1 heterocycles. The number of unbranched alkanes of at least 4 members (excludes halogenated alkanes) is 1. The maximum absolute atomic E-state index is 11.7. The number of piperidine rings is 1. The van der Waals surface area contributed by atoms with Gasteiger partial charge in [-0.25, -0.2) is 0 Å². The molecule has 3 nitrogen and oxygen atoms in total. The Morgan fingerprint density at radius 2 is 2.00 bits per heavy atom. The highest BCUT2D eigenvalue weighted by Crippen LogP contribution is 2.22. The molecule has 1 saturated heterocycles. The number of aliphatic hydroxyl groups excluding tert-OH is 1. The highest BCUT2D eigenvalue weighted by Gasteiger charge is 2.22. The normalized spacial score (nSPS) is 19.9. The van der Waals surface area contributed by atoms with Crippen LogP contribution in [0.2, 0.25) is 0 Å². The number of carbonyl (C=O) groups is 1. The Bertz CT molecular complexity index is 235. The van der Waals surface area contributed by atoms with Crippen molar-refractivity contribution in [2.75, 3.05) is 19.6 Å². The fourth-order valence-electron chi connectivity index (χ4n) is 2.60. The summed E-state index contributed by atoms with van der Waals surface area (Å²) >= 11 is 0. The van der Waals surface area contributed by atoms with Gasteiger partial charge in [-0.1, -0.05) is 20.3 Å². The number of rotatable bonds is 8. The molecule has 1 atom stereocenters. The molecule has 0 radical (unpaired) electrons. The molecule has 1 unspecified atom stereocenters. The second-order valence-electron chi connectivity index (χ2n) is 5.65. The largest absolute Gasteiger partial charge is 0.392 e. The van der Waals surface area contributed by atoms with Crippen molar-refractivity contribution in [2.24, 2.45) is 5.92 Å². The fourth-order valence-corrected chi connectivity index (χ4v) is 2.60. The van der Waals surface area contributed by atoms with Crippen molar-refractivity contribution in [1.29, 1.82) is 0 Å². The molecular formula is C15H29NO2. The molecule has 18 heavy (non-hydrogen) atoms. The van der Waals surface area contributed by atoms with Crippen molar-refractivity contribution in [3.05, 3.63) is 0 Å². The van der Waals surface area contributed by atoms with Crippen molar-refractivity contribution in [2.45, 2.75) is 64.9 Å². The van der Waals surface area contributed by atoms with Crippen molar-refractivity contribution in [3.63, 3.8) is 0 Å². The maximum atomic E-state index is 11.7. The third kappa shape index (κ3) is 5.96. The average Bonchev–Trinajstić information content (AvgIpc) is 2.38. The highest BCUT2D eigenvalue weighted by molar-refractivity contribution is 5.78. The second-order valence-corrected chi connectivity index (χ2v) is 5.65. The summed E-state index contributed by atoms with van der Waals surface area (Å²) in [4.78, 5) is 14.1. The summed E-state index contributed by atoms with van der Waals surface area (Å²) in [7, 11) is 0. The minimum absolute atomic E-state index is 0.187. The van der Waals surface area contributed by atoms with Gasteiger partial charge in [-0.3, -0.25) is 4.79 Å². The van der Waals surface area contributed by atoms with Gasteiger partial charge in [-0.05, 0) is 44.7 Å². The van der Waals surface area contributed by atoms with Crippen LogP contribution in [0, 0.1) is 5.92 Å². The molecule has 0 saturated carbocycles. The number of hydrogen-bond donors (Lipinski definition) is 1. The standard InChI is InChI=1S/C15H29NO2/c1-3-5-6-15(18)11-13-7-9-16(10-8-13)12-14(17)4-2/h13-14,17H,3-12H2,1-2H3. The lowest BCUT2D eigenvalue weighted by Gasteiger charge is -2.32. The highest BCUT2D eigenvalue weighted by atomic mass is 16.3. The monoisotopic (exact) mass is 255 g/mol. The van der Waals surface area contributed by atoms with E-state index in [1.807, 2.05) is 6.92 Å². The SMILES string of the molecule is CCCCC(=O)CC1CCN(CC(O)CC)CC1. The molecular weight excluding hydrogens is 226 g/mol. The minimum Gasteiger partial charge on any atom is -0.392 e. The van der Waals surface area contributed by atoms with E-state index in [1.165, 1.54) is 0 Å². The molecule has 0 spiro atoms. The molecule has 3 heteroatoms. The number of aliphatic hydroxyl groups is 1. The summed E-state index contributed by atoms with van der Waals surface area (Å²) in [6.07, 6.45) is 6.58. The fraction of sp³-hybridized carbons (Fsp3) is 0.933. The van der Waals surface area contributed by atoms with E-state index >= 15 is 0 Å². The molecule has 0 aromatic heterocycles. The summed E-state index contributed by atoms with van der Waals surface area (Å²) in [5.41, 5.74) is 0. The van der Waals surface area contributed by atoms with Gasteiger partial charge in [-0.15, -0.1) is 0 Å². The zero-order chi connectivity index (χ0) is 13.4. The van der Waals surface area contributed by atoms with Gasteiger partial charge in [0.15, 0.2) is 0 Å². The first-order valence-corrected chi connectivity index (χ1v) is 7.57. The van der Waals surface area contributed by atoms with Gasteiger partial charge in [0.1, 0.15) is 5.78 Å². The van der Waals surface area contributed by atoms with Crippen LogP contribution < -0.4 is 0 Å². The van der Waals surface area contributed by atoms with Crippen LogP contribution in [-0.4, -0.2) is 41.5 Å². The van der Waals surface area contributed by atoms with Crippen LogP contribution in [0.25, 0.3) is 0 Å². The molecule has 0 bridgehead atoms. The van der Waals surface area contributed by atoms with E-state index in [9.17, 15) is 9.90 Å². The van der Waals surface area contributed by atoms with E-state index in [0.717, 1.165) is 64.6 Å². The third-order valence-electron chi connectivity index (χ3n) is 3.97. The van der Waals surface area contributed by atoms with Crippen LogP contribution in [-0.2, 0) is 4.79 Å². The smallest absolute Gasteiger partial charge is 0.133 e. The predicted molar refractivity (Wildman–Crippen MR) is 74.6 cm³/mol. The van der Waals surface area contributed by atoms with Crippen molar-refractivity contribution >= 4 is 5.78 Å². The predicted octanol–water partition coefficient (Wildman–Crippen LogP) is 2.62.